The normalized spacial score (nSPS) is 21.5. The van der Waals surface area contributed by atoms with Crippen LogP contribution in [0.15, 0.2) is 21.7 Å². The molecule has 3 rings (SSSR count). The number of hydrogen-bond donors (Lipinski definition) is 0. The van der Waals surface area contributed by atoms with Crippen molar-refractivity contribution in [3.05, 3.63) is 17.5 Å². The molecule has 0 N–H and O–H groups in total. The van der Waals surface area contributed by atoms with Crippen LogP contribution in [-0.2, 0) is 19.6 Å². The first-order valence-corrected chi connectivity index (χ1v) is 13.0. The largest absolute Gasteiger partial charge is 0.342 e. The summed E-state index contributed by atoms with van der Waals surface area (Å²) in [4.78, 5) is 31.4. The van der Waals surface area contributed by atoms with Crippen molar-refractivity contribution in [1.29, 1.82) is 0 Å². The van der Waals surface area contributed by atoms with E-state index in [-0.39, 0.29) is 11.8 Å². The van der Waals surface area contributed by atoms with Crippen molar-refractivity contribution in [2.75, 3.05) is 52.4 Å². The summed E-state index contributed by atoms with van der Waals surface area (Å²) in [7, 11) is -3.64. The standard InChI is InChI=1S/C20H32N4O4S2/c1-3-22(4-2)18(25)16-21-10-7-11-23(14-13-21)20(26)17-8-5-12-24(17)30(27,28)19-9-6-15-29-19/h6,9,15,17H,3-5,7-8,10-14,16H2,1-2H3. The topological polar surface area (TPSA) is 81.2 Å². The van der Waals surface area contributed by atoms with Crippen LogP contribution in [0.4, 0.5) is 0 Å². The average Bonchev–Trinajstić information content (AvgIpc) is 3.39. The van der Waals surface area contributed by atoms with Gasteiger partial charge in [0.05, 0.1) is 6.54 Å². The van der Waals surface area contributed by atoms with Gasteiger partial charge in [0.25, 0.3) is 10.0 Å². The van der Waals surface area contributed by atoms with Gasteiger partial charge in [0.15, 0.2) is 0 Å². The fourth-order valence-electron chi connectivity index (χ4n) is 4.23. The van der Waals surface area contributed by atoms with E-state index in [2.05, 4.69) is 4.90 Å². The first kappa shape index (κ1) is 23.2. The molecule has 0 bridgehead atoms. The lowest BCUT2D eigenvalue weighted by atomic mass is 10.2. The van der Waals surface area contributed by atoms with Crippen LogP contribution < -0.4 is 0 Å². The van der Waals surface area contributed by atoms with E-state index < -0.39 is 16.1 Å². The van der Waals surface area contributed by atoms with E-state index >= 15 is 0 Å². The lowest BCUT2D eigenvalue weighted by Crippen LogP contribution is -2.48. The Labute approximate surface area is 183 Å². The predicted octanol–water partition coefficient (Wildman–Crippen LogP) is 1.30. The Bertz CT molecular complexity index is 824. The second-order valence-electron chi connectivity index (χ2n) is 7.73. The molecule has 10 heteroatoms. The van der Waals surface area contributed by atoms with Gasteiger partial charge in [-0.15, -0.1) is 11.3 Å². The van der Waals surface area contributed by atoms with Gasteiger partial charge < -0.3 is 9.80 Å². The third kappa shape index (κ3) is 5.04. The van der Waals surface area contributed by atoms with Crippen molar-refractivity contribution in [3.8, 4) is 0 Å². The molecule has 1 aromatic heterocycles. The zero-order valence-corrected chi connectivity index (χ0v) is 19.5. The molecule has 168 valence electrons. The lowest BCUT2D eigenvalue weighted by molar-refractivity contribution is -0.134. The Kier molecular flexibility index (Phi) is 7.89. The van der Waals surface area contributed by atoms with Gasteiger partial charge in [0, 0.05) is 45.8 Å². The Hall–Kier alpha value is -1.49. The zero-order chi connectivity index (χ0) is 21.7. The van der Waals surface area contributed by atoms with Gasteiger partial charge in [-0.2, -0.15) is 4.31 Å². The van der Waals surface area contributed by atoms with Gasteiger partial charge in [0.1, 0.15) is 10.3 Å². The maximum atomic E-state index is 13.2. The third-order valence-corrected chi connectivity index (χ3v) is 9.20. The quantitative estimate of drug-likeness (QED) is 0.618. The molecule has 8 nitrogen and oxygen atoms in total. The number of likely N-dealkylation sites (N-methyl/N-ethyl adjacent to an activating group) is 1. The molecule has 0 aromatic carbocycles. The minimum Gasteiger partial charge on any atom is -0.342 e. The van der Waals surface area contributed by atoms with E-state index in [1.165, 1.54) is 15.6 Å². The first-order valence-electron chi connectivity index (χ1n) is 10.7. The molecule has 1 unspecified atom stereocenters. The molecule has 1 atom stereocenters. The molecule has 2 amide bonds. The van der Waals surface area contributed by atoms with E-state index in [1.54, 1.807) is 22.4 Å². The molecule has 0 aliphatic carbocycles. The van der Waals surface area contributed by atoms with Crippen LogP contribution in [0.1, 0.15) is 33.1 Å². The van der Waals surface area contributed by atoms with Crippen LogP contribution in [0, 0.1) is 0 Å². The van der Waals surface area contributed by atoms with Gasteiger partial charge in [-0.1, -0.05) is 6.07 Å². The van der Waals surface area contributed by atoms with E-state index in [0.29, 0.717) is 62.9 Å². The fourth-order valence-corrected chi connectivity index (χ4v) is 7.00. The number of thiophene rings is 1. The Morgan fingerprint density at radius 3 is 2.53 bits per heavy atom. The van der Waals surface area contributed by atoms with Crippen LogP contribution in [-0.4, -0.2) is 97.6 Å². The Balaban J connectivity index is 1.62. The highest BCUT2D eigenvalue weighted by molar-refractivity contribution is 7.91. The van der Waals surface area contributed by atoms with Crippen molar-refractivity contribution in [1.82, 2.24) is 19.0 Å². The van der Waals surface area contributed by atoms with Crippen LogP contribution in [0.5, 0.6) is 0 Å². The smallest absolute Gasteiger partial charge is 0.253 e. The Morgan fingerprint density at radius 2 is 1.87 bits per heavy atom. The van der Waals surface area contributed by atoms with Crippen molar-refractivity contribution in [3.63, 3.8) is 0 Å². The monoisotopic (exact) mass is 456 g/mol. The molecular weight excluding hydrogens is 424 g/mol. The predicted molar refractivity (Wildman–Crippen MR) is 117 cm³/mol. The van der Waals surface area contributed by atoms with Crippen molar-refractivity contribution < 1.29 is 18.0 Å². The molecule has 2 aliphatic rings. The summed E-state index contributed by atoms with van der Waals surface area (Å²) in [6.45, 7) is 8.60. The van der Waals surface area contributed by atoms with Crippen molar-refractivity contribution in [2.45, 2.75) is 43.4 Å². The number of rotatable bonds is 7. The highest BCUT2D eigenvalue weighted by Gasteiger charge is 2.41. The highest BCUT2D eigenvalue weighted by Crippen LogP contribution is 2.29. The molecule has 30 heavy (non-hydrogen) atoms. The number of amides is 2. The second-order valence-corrected chi connectivity index (χ2v) is 10.8. The number of hydrogen-bond acceptors (Lipinski definition) is 6. The molecular formula is C20H32N4O4S2. The number of carbonyl (C=O) groups excluding carboxylic acids is 2. The molecule has 0 radical (unpaired) electrons. The summed E-state index contributed by atoms with van der Waals surface area (Å²) in [6.07, 6.45) is 2.03. The molecule has 3 heterocycles. The van der Waals surface area contributed by atoms with Gasteiger partial charge in [-0.05, 0) is 44.6 Å². The summed E-state index contributed by atoms with van der Waals surface area (Å²) >= 11 is 1.18. The lowest BCUT2D eigenvalue weighted by Gasteiger charge is -2.29. The molecule has 2 aliphatic heterocycles. The van der Waals surface area contributed by atoms with Crippen LogP contribution in [0.2, 0.25) is 0 Å². The van der Waals surface area contributed by atoms with Crippen LogP contribution >= 0.6 is 11.3 Å². The zero-order valence-electron chi connectivity index (χ0n) is 17.8. The van der Waals surface area contributed by atoms with Gasteiger partial charge in [0.2, 0.25) is 11.8 Å². The summed E-state index contributed by atoms with van der Waals surface area (Å²) in [6, 6.07) is 2.69. The van der Waals surface area contributed by atoms with Gasteiger partial charge in [-0.25, -0.2) is 8.42 Å². The maximum Gasteiger partial charge on any atom is 0.253 e. The highest BCUT2D eigenvalue weighted by atomic mass is 32.2. The molecule has 2 fully saturated rings. The average molecular weight is 457 g/mol. The van der Waals surface area contributed by atoms with Crippen molar-refractivity contribution in [2.24, 2.45) is 0 Å². The number of nitrogens with zero attached hydrogens (tertiary/aromatic N) is 4. The minimum absolute atomic E-state index is 0.107. The molecule has 2 saturated heterocycles. The maximum absolute atomic E-state index is 13.2. The molecule has 1 aromatic rings. The third-order valence-electron chi connectivity index (χ3n) is 5.92. The fraction of sp³-hybridized carbons (Fsp3) is 0.700. The molecule has 0 spiro atoms. The Morgan fingerprint density at radius 1 is 1.10 bits per heavy atom. The van der Waals surface area contributed by atoms with Crippen LogP contribution in [0.25, 0.3) is 0 Å². The minimum atomic E-state index is -3.64. The first-order chi connectivity index (χ1) is 14.4. The van der Waals surface area contributed by atoms with Crippen molar-refractivity contribution >= 4 is 33.2 Å². The summed E-state index contributed by atoms with van der Waals surface area (Å²) < 4.78 is 27.6. The summed E-state index contributed by atoms with van der Waals surface area (Å²) in [5.41, 5.74) is 0. The van der Waals surface area contributed by atoms with E-state index in [4.69, 9.17) is 0 Å². The van der Waals surface area contributed by atoms with Gasteiger partial charge in [-0.3, -0.25) is 14.5 Å². The summed E-state index contributed by atoms with van der Waals surface area (Å²) in [5, 5.41) is 1.74. The molecule has 0 saturated carbocycles. The number of carbonyl (C=O) groups is 2. The van der Waals surface area contributed by atoms with E-state index in [1.807, 2.05) is 18.7 Å². The van der Waals surface area contributed by atoms with Crippen LogP contribution in [0.3, 0.4) is 0 Å². The van der Waals surface area contributed by atoms with E-state index in [9.17, 15) is 18.0 Å². The van der Waals surface area contributed by atoms with E-state index in [0.717, 1.165) is 13.0 Å². The summed E-state index contributed by atoms with van der Waals surface area (Å²) in [5.74, 6) is 0.00772. The van der Waals surface area contributed by atoms with Gasteiger partial charge >= 0.3 is 0 Å². The SMILES string of the molecule is CCN(CC)C(=O)CN1CCCN(C(=O)C2CCCN2S(=O)(=O)c2cccs2)CC1. The second kappa shape index (κ2) is 10.2. The number of sulfonamides is 1.